The maximum Gasteiger partial charge on any atom is 0.256 e. The smallest absolute Gasteiger partial charge is 0.256 e. The zero-order chi connectivity index (χ0) is 23.2. The number of sulfonamides is 1. The number of aromatic amines is 1. The minimum Gasteiger partial charge on any atom is -0.306 e. The third-order valence-corrected chi connectivity index (χ3v) is 7.93. The van der Waals surface area contributed by atoms with Gasteiger partial charge in [0.05, 0.1) is 16.3 Å². The predicted molar refractivity (Wildman–Crippen MR) is 121 cm³/mol. The van der Waals surface area contributed by atoms with E-state index in [1.165, 1.54) is 33.3 Å². The Balaban J connectivity index is 1.39. The summed E-state index contributed by atoms with van der Waals surface area (Å²) in [6.07, 6.45) is 4.05. The molecule has 1 aliphatic heterocycles. The monoisotopic (exact) mass is 468 g/mol. The number of hydrogen-bond donors (Lipinski definition) is 2. The highest BCUT2D eigenvalue weighted by atomic mass is 32.2. The Bertz CT molecular complexity index is 1390. The Morgan fingerprint density at radius 3 is 2.55 bits per heavy atom. The average molecular weight is 469 g/mol. The van der Waals surface area contributed by atoms with Crippen LogP contribution < -0.4 is 10.9 Å². The maximum atomic E-state index is 12.9. The van der Waals surface area contributed by atoms with Crippen molar-refractivity contribution in [3.8, 4) is 5.95 Å². The van der Waals surface area contributed by atoms with Gasteiger partial charge in [0.1, 0.15) is 5.82 Å². The molecule has 1 saturated heterocycles. The van der Waals surface area contributed by atoms with E-state index in [-0.39, 0.29) is 16.4 Å². The SMILES string of the molecule is Cc1cc(NC(=O)c2ccc(S(=O)(=O)N3CCCC3)cc2)n(-c2nc3c(c(=O)[nH]2)CCC3)n1. The van der Waals surface area contributed by atoms with E-state index < -0.39 is 15.9 Å². The van der Waals surface area contributed by atoms with Gasteiger partial charge in [-0.2, -0.15) is 14.1 Å². The zero-order valence-electron chi connectivity index (χ0n) is 18.2. The number of rotatable bonds is 5. The van der Waals surface area contributed by atoms with Crippen LogP contribution in [0.2, 0.25) is 0 Å². The van der Waals surface area contributed by atoms with Gasteiger partial charge in [-0.15, -0.1) is 0 Å². The van der Waals surface area contributed by atoms with Gasteiger partial charge in [0.25, 0.3) is 11.5 Å². The Labute approximate surface area is 190 Å². The van der Waals surface area contributed by atoms with Crippen molar-refractivity contribution in [2.24, 2.45) is 0 Å². The molecule has 33 heavy (non-hydrogen) atoms. The van der Waals surface area contributed by atoms with Gasteiger partial charge in [0.15, 0.2) is 0 Å². The molecular weight excluding hydrogens is 444 g/mol. The lowest BCUT2D eigenvalue weighted by Gasteiger charge is -2.15. The summed E-state index contributed by atoms with van der Waals surface area (Å²) in [5, 5.41) is 7.16. The molecule has 10 nitrogen and oxygen atoms in total. The van der Waals surface area contributed by atoms with Gasteiger partial charge in [-0.05, 0) is 63.3 Å². The maximum absolute atomic E-state index is 12.9. The van der Waals surface area contributed by atoms with E-state index in [0.717, 1.165) is 31.4 Å². The summed E-state index contributed by atoms with van der Waals surface area (Å²) in [7, 11) is -3.54. The number of H-pyrrole nitrogens is 1. The molecule has 1 amide bonds. The lowest BCUT2D eigenvalue weighted by molar-refractivity contribution is 0.102. The van der Waals surface area contributed by atoms with Crippen LogP contribution in [0.5, 0.6) is 0 Å². The lowest BCUT2D eigenvalue weighted by Crippen LogP contribution is -2.27. The van der Waals surface area contributed by atoms with Crippen molar-refractivity contribution < 1.29 is 13.2 Å². The summed E-state index contributed by atoms with van der Waals surface area (Å²) in [5.41, 5.74) is 2.22. The molecule has 3 heterocycles. The first-order chi connectivity index (χ1) is 15.8. The summed E-state index contributed by atoms with van der Waals surface area (Å²) < 4.78 is 28.3. The van der Waals surface area contributed by atoms with Gasteiger partial charge < -0.3 is 5.32 Å². The molecular formula is C22H24N6O4S. The minimum atomic E-state index is -3.54. The molecule has 3 aromatic rings. The van der Waals surface area contributed by atoms with Crippen molar-refractivity contribution in [2.75, 3.05) is 18.4 Å². The summed E-state index contributed by atoms with van der Waals surface area (Å²) in [6.45, 7) is 2.81. The molecule has 11 heteroatoms. The predicted octanol–water partition coefficient (Wildman–Crippen LogP) is 1.79. The van der Waals surface area contributed by atoms with Crippen LogP contribution in [0.25, 0.3) is 5.95 Å². The van der Waals surface area contributed by atoms with Crippen LogP contribution in [0.4, 0.5) is 5.82 Å². The van der Waals surface area contributed by atoms with Gasteiger partial charge >= 0.3 is 0 Å². The normalized spacial score (nSPS) is 16.2. The van der Waals surface area contributed by atoms with Crippen molar-refractivity contribution in [2.45, 2.75) is 43.9 Å². The molecule has 5 rings (SSSR count). The number of nitrogens with one attached hydrogen (secondary N) is 2. The second-order valence-corrected chi connectivity index (χ2v) is 10.3. The Morgan fingerprint density at radius 2 is 1.82 bits per heavy atom. The first-order valence-electron chi connectivity index (χ1n) is 10.9. The number of anilines is 1. The first kappa shape index (κ1) is 21.5. The van der Waals surface area contributed by atoms with Gasteiger partial charge in [-0.25, -0.2) is 13.4 Å². The third-order valence-electron chi connectivity index (χ3n) is 6.02. The van der Waals surface area contributed by atoms with Crippen LogP contribution in [-0.4, -0.2) is 51.5 Å². The minimum absolute atomic E-state index is 0.168. The number of amides is 1. The molecule has 0 radical (unpaired) electrons. The highest BCUT2D eigenvalue weighted by Crippen LogP contribution is 2.22. The molecule has 0 saturated carbocycles. The summed E-state index contributed by atoms with van der Waals surface area (Å²) in [5.74, 6) is 0.174. The fourth-order valence-corrected chi connectivity index (χ4v) is 5.84. The topological polar surface area (TPSA) is 130 Å². The molecule has 1 fully saturated rings. The standard InChI is InChI=1S/C22H24N6O4S/c1-14-13-19(28(26-14)22-23-18-6-4-5-17(18)21(30)25-22)24-20(29)15-7-9-16(10-8-15)33(31,32)27-11-2-3-12-27/h7-10,13H,2-6,11-12H2,1H3,(H,24,29)(H,23,25,30). The molecule has 1 aliphatic carbocycles. The highest BCUT2D eigenvalue weighted by Gasteiger charge is 2.27. The summed E-state index contributed by atoms with van der Waals surface area (Å²) in [4.78, 5) is 32.7. The average Bonchev–Trinajstić information content (AvgIpc) is 3.55. The van der Waals surface area contributed by atoms with Crippen LogP contribution in [0.3, 0.4) is 0 Å². The number of aryl methyl sites for hydroxylation is 2. The molecule has 1 aromatic carbocycles. The van der Waals surface area contributed by atoms with Gasteiger partial charge in [0, 0.05) is 30.3 Å². The molecule has 2 aromatic heterocycles. The van der Waals surface area contributed by atoms with Gasteiger partial charge in [-0.3, -0.25) is 14.6 Å². The van der Waals surface area contributed by atoms with E-state index in [1.807, 2.05) is 0 Å². The van der Waals surface area contributed by atoms with Crippen LogP contribution in [0, 0.1) is 6.92 Å². The Morgan fingerprint density at radius 1 is 1.09 bits per heavy atom. The Hall–Kier alpha value is -3.31. The Kier molecular flexibility index (Phi) is 5.37. The number of nitrogens with zero attached hydrogens (tertiary/aromatic N) is 4. The molecule has 2 aliphatic rings. The molecule has 0 bridgehead atoms. The number of hydrogen-bond acceptors (Lipinski definition) is 6. The molecule has 2 N–H and O–H groups in total. The van der Waals surface area contributed by atoms with Crippen molar-refractivity contribution in [3.05, 3.63) is 63.2 Å². The van der Waals surface area contributed by atoms with Crippen LogP contribution in [-0.2, 0) is 22.9 Å². The third kappa shape index (κ3) is 3.98. The number of carbonyl (C=O) groups is 1. The van der Waals surface area contributed by atoms with E-state index in [9.17, 15) is 18.0 Å². The van der Waals surface area contributed by atoms with Crippen molar-refractivity contribution in [3.63, 3.8) is 0 Å². The number of benzene rings is 1. The molecule has 0 spiro atoms. The summed E-state index contributed by atoms with van der Waals surface area (Å²) >= 11 is 0. The van der Waals surface area contributed by atoms with E-state index in [1.54, 1.807) is 13.0 Å². The van der Waals surface area contributed by atoms with Gasteiger partial charge in [0.2, 0.25) is 16.0 Å². The highest BCUT2D eigenvalue weighted by molar-refractivity contribution is 7.89. The number of fused-ring (bicyclic) bond motifs is 1. The second kappa shape index (κ2) is 8.23. The quantitative estimate of drug-likeness (QED) is 0.587. The molecule has 0 atom stereocenters. The van der Waals surface area contributed by atoms with Crippen molar-refractivity contribution in [1.29, 1.82) is 0 Å². The molecule has 0 unspecified atom stereocenters. The second-order valence-electron chi connectivity index (χ2n) is 8.34. The van der Waals surface area contributed by atoms with Crippen LogP contribution >= 0.6 is 0 Å². The zero-order valence-corrected chi connectivity index (χ0v) is 19.0. The van der Waals surface area contributed by atoms with Crippen molar-refractivity contribution >= 4 is 21.7 Å². The largest absolute Gasteiger partial charge is 0.306 e. The van der Waals surface area contributed by atoms with Crippen LogP contribution in [0.15, 0.2) is 40.0 Å². The van der Waals surface area contributed by atoms with Crippen LogP contribution in [0.1, 0.15) is 46.6 Å². The van der Waals surface area contributed by atoms with E-state index in [2.05, 4.69) is 20.4 Å². The van der Waals surface area contributed by atoms with E-state index in [0.29, 0.717) is 42.1 Å². The first-order valence-corrected chi connectivity index (χ1v) is 12.4. The van der Waals surface area contributed by atoms with Crippen molar-refractivity contribution in [1.82, 2.24) is 24.1 Å². The van der Waals surface area contributed by atoms with Gasteiger partial charge in [-0.1, -0.05) is 0 Å². The lowest BCUT2D eigenvalue weighted by atomic mass is 10.2. The van der Waals surface area contributed by atoms with E-state index in [4.69, 9.17) is 0 Å². The number of aromatic nitrogens is 4. The van der Waals surface area contributed by atoms with E-state index >= 15 is 0 Å². The summed E-state index contributed by atoms with van der Waals surface area (Å²) in [6, 6.07) is 7.55. The number of carbonyl (C=O) groups excluding carboxylic acids is 1. The fraction of sp³-hybridized carbons (Fsp3) is 0.364. The fourth-order valence-electron chi connectivity index (χ4n) is 4.32. The molecule has 172 valence electrons.